The van der Waals surface area contributed by atoms with Crippen molar-refractivity contribution in [2.24, 2.45) is 0 Å². The lowest BCUT2D eigenvalue weighted by Crippen LogP contribution is -2.33. The molecule has 3 nitrogen and oxygen atoms in total. The van der Waals surface area contributed by atoms with Gasteiger partial charge in [-0.25, -0.2) is 0 Å². The van der Waals surface area contributed by atoms with Crippen LogP contribution in [-0.2, 0) is 0 Å². The number of hydrogen-bond acceptors (Lipinski definition) is 3. The summed E-state index contributed by atoms with van der Waals surface area (Å²) in [5, 5.41) is 9.94. The van der Waals surface area contributed by atoms with Gasteiger partial charge in [-0.3, -0.25) is 0 Å². The lowest BCUT2D eigenvalue weighted by Gasteiger charge is -2.19. The number of likely N-dealkylation sites (tertiary alicyclic amines) is 1. The molecule has 1 aromatic carbocycles. The first-order valence-corrected chi connectivity index (χ1v) is 6.75. The van der Waals surface area contributed by atoms with E-state index in [2.05, 4.69) is 24.8 Å². The number of benzene rings is 1. The van der Waals surface area contributed by atoms with Crippen LogP contribution in [0.4, 0.5) is 0 Å². The third kappa shape index (κ3) is 4.00. The first-order chi connectivity index (χ1) is 8.63. The zero-order valence-electron chi connectivity index (χ0n) is 11.4. The minimum Gasteiger partial charge on any atom is -0.491 e. The molecule has 18 heavy (non-hydrogen) atoms. The molecule has 1 atom stereocenters. The minimum absolute atomic E-state index is 0.374. The third-order valence-electron chi connectivity index (χ3n) is 3.31. The molecule has 1 saturated heterocycles. The standard InChI is InChI=1S/C15H23NO2/c1-12-7-13(2)9-15(8-12)18-11-14(17)10-16-5-3-4-6-16/h7-9,14,17H,3-6,10-11H2,1-2H3/t14-/m0/s1. The fraction of sp³-hybridized carbons (Fsp3) is 0.600. The van der Waals surface area contributed by atoms with Crippen molar-refractivity contribution >= 4 is 0 Å². The van der Waals surface area contributed by atoms with Gasteiger partial charge in [0.2, 0.25) is 0 Å². The zero-order chi connectivity index (χ0) is 13.0. The highest BCUT2D eigenvalue weighted by atomic mass is 16.5. The number of ether oxygens (including phenoxy) is 1. The zero-order valence-corrected chi connectivity index (χ0v) is 11.4. The maximum absolute atomic E-state index is 9.94. The molecule has 0 amide bonds. The van der Waals surface area contributed by atoms with Crippen molar-refractivity contribution in [1.82, 2.24) is 4.90 Å². The molecule has 0 radical (unpaired) electrons. The van der Waals surface area contributed by atoms with Gasteiger partial charge in [-0.2, -0.15) is 0 Å². The van der Waals surface area contributed by atoms with Gasteiger partial charge >= 0.3 is 0 Å². The van der Waals surface area contributed by atoms with Crippen LogP contribution in [0.5, 0.6) is 5.75 Å². The molecule has 0 spiro atoms. The highest BCUT2D eigenvalue weighted by Gasteiger charge is 2.16. The van der Waals surface area contributed by atoms with Crippen molar-refractivity contribution in [3.63, 3.8) is 0 Å². The Morgan fingerprint density at radius 3 is 2.39 bits per heavy atom. The molecule has 0 unspecified atom stereocenters. The number of aliphatic hydroxyl groups is 1. The number of rotatable bonds is 5. The quantitative estimate of drug-likeness (QED) is 0.868. The van der Waals surface area contributed by atoms with Gasteiger partial charge in [0.25, 0.3) is 0 Å². The molecular formula is C15H23NO2. The van der Waals surface area contributed by atoms with Gasteiger partial charge in [-0.15, -0.1) is 0 Å². The van der Waals surface area contributed by atoms with Crippen LogP contribution in [-0.4, -0.2) is 42.4 Å². The number of β-amino-alcohol motifs (C(OH)–C–C–N with tert-alkyl or cyclic N) is 1. The topological polar surface area (TPSA) is 32.7 Å². The summed E-state index contributed by atoms with van der Waals surface area (Å²) in [6.07, 6.45) is 2.11. The maximum Gasteiger partial charge on any atom is 0.119 e. The van der Waals surface area contributed by atoms with Crippen molar-refractivity contribution in [2.75, 3.05) is 26.2 Å². The van der Waals surface area contributed by atoms with Gasteiger partial charge in [0.05, 0.1) is 0 Å². The average molecular weight is 249 g/mol. The predicted octanol–water partition coefficient (Wildman–Crippen LogP) is 2.14. The summed E-state index contributed by atoms with van der Waals surface area (Å²) in [5.41, 5.74) is 2.39. The summed E-state index contributed by atoms with van der Waals surface area (Å²) in [4.78, 5) is 2.30. The summed E-state index contributed by atoms with van der Waals surface area (Å²) >= 11 is 0. The van der Waals surface area contributed by atoms with E-state index >= 15 is 0 Å². The van der Waals surface area contributed by atoms with E-state index in [0.717, 1.165) is 25.4 Å². The van der Waals surface area contributed by atoms with Crippen molar-refractivity contribution in [3.05, 3.63) is 29.3 Å². The van der Waals surface area contributed by atoms with E-state index in [1.165, 1.54) is 24.0 Å². The molecule has 1 aliphatic heterocycles. The fourth-order valence-electron chi connectivity index (χ4n) is 2.52. The monoisotopic (exact) mass is 249 g/mol. The lowest BCUT2D eigenvalue weighted by atomic mass is 10.1. The Labute approximate surface area is 109 Å². The molecule has 1 fully saturated rings. The molecule has 2 rings (SSSR count). The Hall–Kier alpha value is -1.06. The second-order valence-corrected chi connectivity index (χ2v) is 5.30. The first kappa shape index (κ1) is 13.4. The van der Waals surface area contributed by atoms with E-state index < -0.39 is 6.10 Å². The highest BCUT2D eigenvalue weighted by molar-refractivity contribution is 5.32. The number of hydrogen-bond donors (Lipinski definition) is 1. The summed E-state index contributed by atoms with van der Waals surface area (Å²) in [5.74, 6) is 0.855. The largest absolute Gasteiger partial charge is 0.491 e. The normalized spacial score (nSPS) is 17.9. The Morgan fingerprint density at radius 2 is 1.78 bits per heavy atom. The second kappa shape index (κ2) is 6.21. The van der Waals surface area contributed by atoms with Gasteiger partial charge in [-0.05, 0) is 63.0 Å². The van der Waals surface area contributed by atoms with Crippen LogP contribution >= 0.6 is 0 Å². The molecule has 1 aromatic rings. The minimum atomic E-state index is -0.399. The van der Waals surface area contributed by atoms with Crippen molar-refractivity contribution in [1.29, 1.82) is 0 Å². The number of nitrogens with zero attached hydrogens (tertiary/aromatic N) is 1. The SMILES string of the molecule is Cc1cc(C)cc(OC[C@@H](O)CN2CCCC2)c1. The van der Waals surface area contributed by atoms with Crippen molar-refractivity contribution in [2.45, 2.75) is 32.8 Å². The molecule has 1 N–H and O–H groups in total. The van der Waals surface area contributed by atoms with Crippen LogP contribution in [0.1, 0.15) is 24.0 Å². The summed E-state index contributed by atoms with van der Waals surface area (Å²) in [6.45, 7) is 7.44. The van der Waals surface area contributed by atoms with E-state index in [4.69, 9.17) is 4.74 Å². The average Bonchev–Trinajstić information content (AvgIpc) is 2.78. The number of aliphatic hydroxyl groups excluding tert-OH is 1. The van der Waals surface area contributed by atoms with Gasteiger partial charge < -0.3 is 14.7 Å². The molecule has 0 aromatic heterocycles. The summed E-state index contributed by atoms with van der Waals surface area (Å²) < 4.78 is 5.66. The van der Waals surface area contributed by atoms with E-state index in [1.54, 1.807) is 0 Å². The lowest BCUT2D eigenvalue weighted by molar-refractivity contribution is 0.0758. The Bertz CT molecular complexity index is 366. The molecule has 1 heterocycles. The molecule has 0 aliphatic carbocycles. The van der Waals surface area contributed by atoms with Gasteiger partial charge in [0.1, 0.15) is 18.5 Å². The van der Waals surface area contributed by atoms with Gasteiger partial charge in [0, 0.05) is 6.54 Å². The van der Waals surface area contributed by atoms with Crippen LogP contribution < -0.4 is 4.74 Å². The third-order valence-corrected chi connectivity index (χ3v) is 3.31. The second-order valence-electron chi connectivity index (χ2n) is 5.30. The predicted molar refractivity (Wildman–Crippen MR) is 73.1 cm³/mol. The molecule has 3 heteroatoms. The molecule has 0 saturated carbocycles. The molecular weight excluding hydrogens is 226 g/mol. The maximum atomic E-state index is 9.94. The van der Waals surface area contributed by atoms with Crippen LogP contribution in [0.3, 0.4) is 0 Å². The van der Waals surface area contributed by atoms with E-state index in [-0.39, 0.29) is 0 Å². The van der Waals surface area contributed by atoms with Crippen LogP contribution in [0.25, 0.3) is 0 Å². The molecule has 100 valence electrons. The molecule has 0 bridgehead atoms. The smallest absolute Gasteiger partial charge is 0.119 e. The first-order valence-electron chi connectivity index (χ1n) is 6.75. The Kier molecular flexibility index (Phi) is 4.61. The fourth-order valence-corrected chi connectivity index (χ4v) is 2.52. The Balaban J connectivity index is 1.79. The van der Waals surface area contributed by atoms with Gasteiger partial charge in [-0.1, -0.05) is 6.07 Å². The van der Waals surface area contributed by atoms with Crippen LogP contribution in [0.15, 0.2) is 18.2 Å². The summed E-state index contributed by atoms with van der Waals surface area (Å²) in [6, 6.07) is 6.14. The van der Waals surface area contributed by atoms with E-state index in [1.807, 2.05) is 12.1 Å². The van der Waals surface area contributed by atoms with Crippen LogP contribution in [0.2, 0.25) is 0 Å². The highest BCUT2D eigenvalue weighted by Crippen LogP contribution is 2.16. The van der Waals surface area contributed by atoms with Crippen molar-refractivity contribution in [3.8, 4) is 5.75 Å². The number of aryl methyl sites for hydroxylation is 2. The van der Waals surface area contributed by atoms with Gasteiger partial charge in [0.15, 0.2) is 0 Å². The molecule has 1 aliphatic rings. The van der Waals surface area contributed by atoms with E-state index in [9.17, 15) is 5.11 Å². The summed E-state index contributed by atoms with van der Waals surface area (Å²) in [7, 11) is 0. The Morgan fingerprint density at radius 1 is 1.17 bits per heavy atom. The van der Waals surface area contributed by atoms with Crippen molar-refractivity contribution < 1.29 is 9.84 Å². The van der Waals surface area contributed by atoms with Crippen LogP contribution in [0, 0.1) is 13.8 Å². The van der Waals surface area contributed by atoms with E-state index in [0.29, 0.717) is 6.61 Å².